The third-order valence-electron chi connectivity index (χ3n) is 3.53. The molecule has 0 aliphatic carbocycles. The molecule has 5 N–H and O–H groups in total. The lowest BCUT2D eigenvalue weighted by atomic mass is 9.90. The lowest BCUT2D eigenvalue weighted by Crippen LogP contribution is -2.51. The van der Waals surface area contributed by atoms with E-state index in [1.54, 1.807) is 0 Å². The number of nitrogens with zero attached hydrogens (tertiary/aromatic N) is 1. The Morgan fingerprint density at radius 2 is 2.00 bits per heavy atom. The van der Waals surface area contributed by atoms with Gasteiger partial charge in [-0.1, -0.05) is 0 Å². The van der Waals surface area contributed by atoms with Gasteiger partial charge in [0.25, 0.3) is 0 Å². The summed E-state index contributed by atoms with van der Waals surface area (Å²) >= 11 is 0. The van der Waals surface area contributed by atoms with Crippen molar-refractivity contribution in [2.24, 2.45) is 11.7 Å². The number of aliphatic hydroxyl groups is 2. The van der Waals surface area contributed by atoms with E-state index in [-0.39, 0.29) is 19.1 Å². The standard InChI is InChI=1S/C13H27N3O3/c14-13(19)10-16-8-11(3-1-5-17)7-12(9-16)15-4-2-6-18/h11-12,15,17-18H,1-10H2,(H2,14,19). The lowest BCUT2D eigenvalue weighted by molar-refractivity contribution is -0.119. The molecule has 6 nitrogen and oxygen atoms in total. The molecular weight excluding hydrogens is 246 g/mol. The van der Waals surface area contributed by atoms with Crippen molar-refractivity contribution in [1.82, 2.24) is 10.2 Å². The van der Waals surface area contributed by atoms with Crippen molar-refractivity contribution in [2.75, 3.05) is 39.4 Å². The van der Waals surface area contributed by atoms with Gasteiger partial charge in [-0.25, -0.2) is 0 Å². The van der Waals surface area contributed by atoms with Crippen LogP contribution in [-0.2, 0) is 4.79 Å². The zero-order chi connectivity index (χ0) is 14.1. The van der Waals surface area contributed by atoms with Crippen LogP contribution in [0, 0.1) is 5.92 Å². The molecule has 0 radical (unpaired) electrons. The van der Waals surface area contributed by atoms with Crippen LogP contribution in [0.5, 0.6) is 0 Å². The quantitative estimate of drug-likeness (QED) is 0.400. The van der Waals surface area contributed by atoms with Gasteiger partial charge >= 0.3 is 0 Å². The summed E-state index contributed by atoms with van der Waals surface area (Å²) < 4.78 is 0. The molecule has 1 aliphatic heterocycles. The fourth-order valence-corrected chi connectivity index (χ4v) is 2.77. The Kier molecular flexibility index (Phi) is 7.97. The Bertz CT molecular complexity index is 264. The molecule has 6 heteroatoms. The Morgan fingerprint density at radius 1 is 1.26 bits per heavy atom. The molecule has 2 atom stereocenters. The Hall–Kier alpha value is -0.690. The molecule has 0 bridgehead atoms. The number of amides is 1. The second-order valence-electron chi connectivity index (χ2n) is 5.36. The molecule has 112 valence electrons. The summed E-state index contributed by atoms with van der Waals surface area (Å²) in [4.78, 5) is 13.1. The van der Waals surface area contributed by atoms with Gasteiger partial charge in [-0.3, -0.25) is 9.69 Å². The van der Waals surface area contributed by atoms with E-state index >= 15 is 0 Å². The topological polar surface area (TPSA) is 98.8 Å². The number of carbonyl (C=O) groups excluding carboxylic acids is 1. The summed E-state index contributed by atoms with van der Waals surface area (Å²) in [6, 6.07) is 0.336. The highest BCUT2D eigenvalue weighted by Crippen LogP contribution is 2.21. The smallest absolute Gasteiger partial charge is 0.231 e. The monoisotopic (exact) mass is 273 g/mol. The maximum atomic E-state index is 11.0. The maximum absolute atomic E-state index is 11.0. The van der Waals surface area contributed by atoms with Crippen LogP contribution in [-0.4, -0.2) is 66.5 Å². The van der Waals surface area contributed by atoms with E-state index in [4.69, 9.17) is 15.9 Å². The largest absolute Gasteiger partial charge is 0.396 e. The first-order chi connectivity index (χ1) is 9.15. The molecular formula is C13H27N3O3. The summed E-state index contributed by atoms with van der Waals surface area (Å²) in [5, 5.41) is 21.1. The summed E-state index contributed by atoms with van der Waals surface area (Å²) in [6.45, 7) is 3.20. The summed E-state index contributed by atoms with van der Waals surface area (Å²) in [7, 11) is 0. The predicted octanol–water partition coefficient (Wildman–Crippen LogP) is -1.09. The van der Waals surface area contributed by atoms with E-state index in [1.165, 1.54) is 0 Å². The zero-order valence-corrected chi connectivity index (χ0v) is 11.6. The number of aliphatic hydroxyl groups excluding tert-OH is 2. The van der Waals surface area contributed by atoms with Crippen LogP contribution in [0.15, 0.2) is 0 Å². The second kappa shape index (κ2) is 9.25. The van der Waals surface area contributed by atoms with E-state index in [2.05, 4.69) is 10.2 Å². The first-order valence-electron chi connectivity index (χ1n) is 7.11. The molecule has 1 heterocycles. The van der Waals surface area contributed by atoms with Crippen molar-refractivity contribution in [1.29, 1.82) is 0 Å². The molecule has 0 aromatic heterocycles. The molecule has 1 rings (SSSR count). The van der Waals surface area contributed by atoms with E-state index < -0.39 is 0 Å². The van der Waals surface area contributed by atoms with Crippen molar-refractivity contribution in [3.8, 4) is 0 Å². The minimum absolute atomic E-state index is 0.193. The highest BCUT2D eigenvalue weighted by Gasteiger charge is 2.27. The minimum Gasteiger partial charge on any atom is -0.396 e. The molecule has 2 unspecified atom stereocenters. The summed E-state index contributed by atoms with van der Waals surface area (Å²) in [5.41, 5.74) is 5.26. The van der Waals surface area contributed by atoms with Crippen LogP contribution in [0.3, 0.4) is 0 Å². The van der Waals surface area contributed by atoms with Crippen molar-refractivity contribution in [3.63, 3.8) is 0 Å². The van der Waals surface area contributed by atoms with Gasteiger partial charge < -0.3 is 21.3 Å². The maximum Gasteiger partial charge on any atom is 0.231 e. The van der Waals surface area contributed by atoms with Crippen LogP contribution in [0.1, 0.15) is 25.7 Å². The van der Waals surface area contributed by atoms with Crippen LogP contribution >= 0.6 is 0 Å². The Balaban J connectivity index is 2.43. The number of rotatable bonds is 9. The van der Waals surface area contributed by atoms with Gasteiger partial charge in [-0.2, -0.15) is 0 Å². The number of nitrogens with one attached hydrogen (secondary N) is 1. The van der Waals surface area contributed by atoms with Gasteiger partial charge in [0.2, 0.25) is 5.91 Å². The fraction of sp³-hybridized carbons (Fsp3) is 0.923. The first-order valence-corrected chi connectivity index (χ1v) is 7.11. The number of nitrogens with two attached hydrogens (primary N) is 1. The third-order valence-corrected chi connectivity index (χ3v) is 3.53. The number of likely N-dealkylation sites (tertiary alicyclic amines) is 1. The Morgan fingerprint density at radius 3 is 2.63 bits per heavy atom. The molecule has 1 fully saturated rings. The number of primary amides is 1. The second-order valence-corrected chi connectivity index (χ2v) is 5.36. The average Bonchev–Trinajstić information content (AvgIpc) is 2.36. The van der Waals surface area contributed by atoms with Crippen LogP contribution in [0.4, 0.5) is 0 Å². The van der Waals surface area contributed by atoms with Gasteiger partial charge in [0, 0.05) is 32.3 Å². The molecule has 0 aromatic rings. The van der Waals surface area contributed by atoms with E-state index in [0.717, 1.165) is 45.3 Å². The molecule has 1 saturated heterocycles. The summed E-state index contributed by atoms with van der Waals surface area (Å²) in [6.07, 6.45) is 3.58. The molecule has 0 spiro atoms. The predicted molar refractivity (Wildman–Crippen MR) is 73.6 cm³/mol. The van der Waals surface area contributed by atoms with Crippen molar-refractivity contribution in [3.05, 3.63) is 0 Å². The Labute approximate surface area is 115 Å². The number of hydrogen-bond donors (Lipinski definition) is 4. The van der Waals surface area contributed by atoms with Gasteiger partial charge in [0.1, 0.15) is 0 Å². The SMILES string of the molecule is NC(=O)CN1CC(CCCO)CC(NCCCO)C1. The van der Waals surface area contributed by atoms with Crippen LogP contribution in [0.2, 0.25) is 0 Å². The van der Waals surface area contributed by atoms with E-state index in [1.807, 2.05) is 0 Å². The van der Waals surface area contributed by atoms with Crippen molar-refractivity contribution >= 4 is 5.91 Å². The molecule has 0 saturated carbocycles. The molecule has 1 aliphatic rings. The fourth-order valence-electron chi connectivity index (χ4n) is 2.77. The molecule has 19 heavy (non-hydrogen) atoms. The van der Waals surface area contributed by atoms with E-state index in [9.17, 15) is 4.79 Å². The minimum atomic E-state index is -0.295. The molecule has 0 aromatic carbocycles. The van der Waals surface area contributed by atoms with Crippen molar-refractivity contribution < 1.29 is 15.0 Å². The highest BCUT2D eigenvalue weighted by molar-refractivity contribution is 5.75. The average molecular weight is 273 g/mol. The lowest BCUT2D eigenvalue weighted by Gasteiger charge is -2.37. The summed E-state index contributed by atoms with van der Waals surface area (Å²) in [5.74, 6) is 0.198. The highest BCUT2D eigenvalue weighted by atomic mass is 16.3. The third kappa shape index (κ3) is 6.87. The first kappa shape index (κ1) is 16.4. The van der Waals surface area contributed by atoms with Crippen molar-refractivity contribution in [2.45, 2.75) is 31.7 Å². The normalized spacial score (nSPS) is 24.5. The molecule has 1 amide bonds. The van der Waals surface area contributed by atoms with Gasteiger partial charge in [0.15, 0.2) is 0 Å². The number of carbonyl (C=O) groups is 1. The number of hydrogen-bond acceptors (Lipinski definition) is 5. The van der Waals surface area contributed by atoms with E-state index in [0.29, 0.717) is 18.5 Å². The zero-order valence-electron chi connectivity index (χ0n) is 11.6. The number of piperidine rings is 1. The van der Waals surface area contributed by atoms with Gasteiger partial charge in [0.05, 0.1) is 6.54 Å². The van der Waals surface area contributed by atoms with Crippen LogP contribution < -0.4 is 11.1 Å². The van der Waals surface area contributed by atoms with Gasteiger partial charge in [-0.15, -0.1) is 0 Å². The van der Waals surface area contributed by atoms with Gasteiger partial charge in [-0.05, 0) is 38.1 Å². The van der Waals surface area contributed by atoms with Crippen LogP contribution in [0.25, 0.3) is 0 Å².